The van der Waals surface area contributed by atoms with E-state index in [2.05, 4.69) is 25.0 Å². The molecule has 0 bridgehead atoms. The van der Waals surface area contributed by atoms with Crippen LogP contribution in [0.15, 0.2) is 24.9 Å². The van der Waals surface area contributed by atoms with Crippen LogP contribution in [-0.4, -0.2) is 76.1 Å². The van der Waals surface area contributed by atoms with Gasteiger partial charge in [0.1, 0.15) is 23.4 Å². The summed E-state index contributed by atoms with van der Waals surface area (Å²) in [7, 11) is -5.95. The maximum atomic E-state index is 14.3. The highest BCUT2D eigenvalue weighted by atomic mass is 32.2. The summed E-state index contributed by atoms with van der Waals surface area (Å²) in [4.78, 5) is 15.8. The third-order valence-electron chi connectivity index (χ3n) is 5.23. The van der Waals surface area contributed by atoms with Gasteiger partial charge in [0.05, 0.1) is 29.8 Å². The highest BCUT2D eigenvalue weighted by Gasteiger charge is 2.41. The first-order valence-corrected chi connectivity index (χ1v) is 15.5. The molecule has 4 aromatic heterocycles. The van der Waals surface area contributed by atoms with Crippen LogP contribution in [0.5, 0.6) is 0 Å². The molecule has 242 valence electrons. The number of alkyl halides is 3. The molecule has 0 unspecified atom stereocenters. The Morgan fingerprint density at radius 1 is 0.977 bits per heavy atom. The van der Waals surface area contributed by atoms with Crippen molar-refractivity contribution in [1.29, 1.82) is 0 Å². The quantitative estimate of drug-likeness (QED) is 0.184. The van der Waals surface area contributed by atoms with Crippen LogP contribution in [0.25, 0.3) is 28.7 Å². The van der Waals surface area contributed by atoms with Crippen LogP contribution in [0, 0.1) is 5.82 Å². The van der Waals surface area contributed by atoms with E-state index < -0.39 is 59.6 Å². The molecule has 0 atom stereocenters. The van der Waals surface area contributed by atoms with Gasteiger partial charge in [-0.1, -0.05) is 0 Å². The lowest BCUT2D eigenvalue weighted by atomic mass is 10.2. The molecule has 0 N–H and O–H groups in total. The predicted octanol–water partition coefficient (Wildman–Crippen LogP) is 4.38. The summed E-state index contributed by atoms with van der Waals surface area (Å²) in [5, 5.41) is 3.50. The summed E-state index contributed by atoms with van der Waals surface area (Å²) in [6.07, 6.45) is -1.29. The van der Waals surface area contributed by atoms with Crippen molar-refractivity contribution in [3.63, 3.8) is 0 Å². The van der Waals surface area contributed by atoms with Crippen LogP contribution in [0.3, 0.4) is 0 Å². The van der Waals surface area contributed by atoms with Crippen LogP contribution >= 0.6 is 7.82 Å². The lowest BCUT2D eigenvalue weighted by Gasteiger charge is -2.30. The Hall–Kier alpha value is -3.29. The standard InChI is InChI=1S/C23H30F4N9O6PS/c1-21(2,3)41-43(37,42-22(4,5)6)40-13-36-18(31-19(32-36)23(25,26)27)16-17(35-10-14(24)9-28-20(35)30-16)15-11-34(12-29-15)44(38,39)33(7)8/h9-12H,13H2,1-8H3. The number of fused-ring (bicyclic) bond motifs is 1. The van der Waals surface area contributed by atoms with Crippen molar-refractivity contribution in [2.45, 2.75) is 65.7 Å². The minimum atomic E-state index is -5.04. The average Bonchev–Trinajstić information content (AvgIpc) is 3.56. The number of imidazole rings is 2. The zero-order chi connectivity index (χ0) is 33.0. The first-order valence-electron chi connectivity index (χ1n) is 12.7. The molecule has 15 nitrogen and oxygen atoms in total. The molecule has 0 aliphatic rings. The monoisotopic (exact) mass is 667 g/mol. The molecule has 0 aromatic carbocycles. The molecule has 21 heteroatoms. The van der Waals surface area contributed by atoms with Crippen molar-refractivity contribution >= 4 is 23.8 Å². The van der Waals surface area contributed by atoms with Gasteiger partial charge in [-0.3, -0.25) is 18.0 Å². The number of nitrogens with zero attached hydrogens (tertiary/aromatic N) is 9. The van der Waals surface area contributed by atoms with Crippen molar-refractivity contribution < 1.29 is 44.1 Å². The number of halogens is 4. The van der Waals surface area contributed by atoms with Gasteiger partial charge in [0.25, 0.3) is 5.82 Å². The molecule has 0 fully saturated rings. The number of phosphoric ester groups is 1. The van der Waals surface area contributed by atoms with Gasteiger partial charge >= 0.3 is 24.2 Å². The van der Waals surface area contributed by atoms with E-state index in [9.17, 15) is 30.5 Å². The molecule has 0 radical (unpaired) electrons. The number of phosphoric acid groups is 1. The molecule has 0 saturated carbocycles. The van der Waals surface area contributed by atoms with Gasteiger partial charge in [0, 0.05) is 14.1 Å². The van der Waals surface area contributed by atoms with Gasteiger partial charge in [0.2, 0.25) is 5.78 Å². The summed E-state index contributed by atoms with van der Waals surface area (Å²) < 4.78 is 115. The lowest BCUT2D eigenvalue weighted by molar-refractivity contribution is -0.145. The van der Waals surface area contributed by atoms with Crippen LogP contribution in [-0.2, 0) is 41.3 Å². The normalized spacial score (nSPS) is 13.8. The van der Waals surface area contributed by atoms with E-state index >= 15 is 0 Å². The molecule has 0 aliphatic heterocycles. The summed E-state index contributed by atoms with van der Waals surface area (Å²) in [5.41, 5.74) is -2.79. The van der Waals surface area contributed by atoms with Gasteiger partial charge in [-0.15, -0.1) is 5.10 Å². The van der Waals surface area contributed by atoms with E-state index in [1.54, 1.807) is 41.5 Å². The van der Waals surface area contributed by atoms with E-state index in [0.29, 0.717) is 4.68 Å². The van der Waals surface area contributed by atoms with E-state index in [1.165, 1.54) is 14.1 Å². The molecule has 0 amide bonds. The Labute approximate surface area is 249 Å². The number of hydrogen-bond donors (Lipinski definition) is 0. The van der Waals surface area contributed by atoms with Gasteiger partial charge in [-0.05, 0) is 41.5 Å². The maximum absolute atomic E-state index is 14.3. The molecule has 4 rings (SSSR count). The van der Waals surface area contributed by atoms with Crippen molar-refractivity contribution in [2.24, 2.45) is 0 Å². The van der Waals surface area contributed by atoms with Gasteiger partial charge in [0.15, 0.2) is 18.4 Å². The van der Waals surface area contributed by atoms with Gasteiger partial charge in [-0.2, -0.15) is 25.9 Å². The number of hydrogen-bond acceptors (Lipinski definition) is 11. The molecule has 0 spiro atoms. The first-order chi connectivity index (χ1) is 20.0. The van der Waals surface area contributed by atoms with Crippen molar-refractivity contribution in [1.82, 2.24) is 42.4 Å². The summed E-state index contributed by atoms with van der Waals surface area (Å²) in [6, 6.07) is 0. The zero-order valence-electron chi connectivity index (χ0n) is 24.9. The van der Waals surface area contributed by atoms with E-state index in [1.807, 2.05) is 0 Å². The van der Waals surface area contributed by atoms with Crippen molar-refractivity contribution in [2.75, 3.05) is 14.1 Å². The minimum Gasteiger partial charge on any atom is -0.281 e. The van der Waals surface area contributed by atoms with Crippen LogP contribution in [0.2, 0.25) is 0 Å². The average molecular weight is 668 g/mol. The van der Waals surface area contributed by atoms with Crippen LogP contribution in [0.1, 0.15) is 47.4 Å². The fraction of sp³-hybridized carbons (Fsp3) is 0.522. The van der Waals surface area contributed by atoms with Gasteiger partial charge in [-0.25, -0.2) is 37.5 Å². The second kappa shape index (κ2) is 11.3. The van der Waals surface area contributed by atoms with Crippen molar-refractivity contribution in [3.05, 3.63) is 36.6 Å². The fourth-order valence-corrected chi connectivity index (χ4v) is 6.16. The molecule has 4 aromatic rings. The topological polar surface area (TPSA) is 161 Å². The SMILES string of the molecule is CN(C)S(=O)(=O)n1cnc(-c2c(-c3nc(C(F)(F)F)nn3COP(=O)(OC(C)(C)C)OC(C)(C)C)nc3ncc(F)cn23)c1. The first kappa shape index (κ1) is 33.6. The summed E-state index contributed by atoms with van der Waals surface area (Å²) >= 11 is 0. The third-order valence-corrected chi connectivity index (χ3v) is 8.86. The molecule has 0 aliphatic carbocycles. The fourth-order valence-electron chi connectivity index (χ4n) is 3.65. The molecular formula is C23H30F4N9O6PS. The highest BCUT2D eigenvalue weighted by Crippen LogP contribution is 2.55. The highest BCUT2D eigenvalue weighted by molar-refractivity contribution is 7.87. The number of rotatable bonds is 9. The zero-order valence-corrected chi connectivity index (χ0v) is 26.6. The summed E-state index contributed by atoms with van der Waals surface area (Å²) in [6.45, 7) is 8.50. The second-order valence-electron chi connectivity index (χ2n) is 11.5. The third kappa shape index (κ3) is 7.32. The summed E-state index contributed by atoms with van der Waals surface area (Å²) in [5.74, 6) is -3.23. The van der Waals surface area contributed by atoms with Crippen molar-refractivity contribution in [3.8, 4) is 22.9 Å². The van der Waals surface area contributed by atoms with E-state index in [-0.39, 0.29) is 22.9 Å². The molecule has 44 heavy (non-hydrogen) atoms. The van der Waals surface area contributed by atoms with E-state index in [4.69, 9.17) is 13.6 Å². The van der Waals surface area contributed by atoms with E-state index in [0.717, 1.165) is 37.6 Å². The maximum Gasteiger partial charge on any atom is 0.477 e. The Morgan fingerprint density at radius 3 is 2.14 bits per heavy atom. The Kier molecular flexibility index (Phi) is 8.59. The Bertz CT molecular complexity index is 1820. The smallest absolute Gasteiger partial charge is 0.281 e. The largest absolute Gasteiger partial charge is 0.477 e. The molecular weight excluding hydrogens is 637 g/mol. The number of aromatic nitrogens is 8. The van der Waals surface area contributed by atoms with Crippen LogP contribution in [0.4, 0.5) is 17.6 Å². The molecule has 4 heterocycles. The second-order valence-corrected chi connectivity index (χ2v) is 15.1. The van der Waals surface area contributed by atoms with Gasteiger partial charge < -0.3 is 0 Å². The minimum absolute atomic E-state index is 0.146. The molecule has 0 saturated heterocycles. The predicted molar refractivity (Wildman–Crippen MR) is 147 cm³/mol. The Balaban J connectivity index is 1.91. The lowest BCUT2D eigenvalue weighted by Crippen LogP contribution is -2.27. The Morgan fingerprint density at radius 2 is 1.59 bits per heavy atom. The van der Waals surface area contributed by atoms with Crippen LogP contribution < -0.4 is 0 Å².